The third-order valence-corrected chi connectivity index (χ3v) is 13.7. The van der Waals surface area contributed by atoms with Crippen LogP contribution in [0.4, 0.5) is 5.69 Å². The number of methoxy groups -OCH3 is 1. The number of carbonyl (C=O) groups is 2. The second-order valence-electron chi connectivity index (χ2n) is 15.1. The van der Waals surface area contributed by atoms with Gasteiger partial charge in [-0.05, 0) is 111 Å². The molecule has 10 nitrogen and oxygen atoms in total. The highest BCUT2D eigenvalue weighted by atomic mass is 35.5. The Bertz CT molecular complexity index is 1770. The molecule has 5 aliphatic rings. The fraction of sp³-hybridized carbons (Fsp3) is 0.590. The van der Waals surface area contributed by atoms with Crippen LogP contribution < -0.4 is 14.4 Å². The number of anilines is 1. The first kappa shape index (κ1) is 36.4. The van der Waals surface area contributed by atoms with E-state index in [0.717, 1.165) is 55.9 Å². The highest BCUT2D eigenvalue weighted by molar-refractivity contribution is 7.92. The fourth-order valence-electron chi connectivity index (χ4n) is 8.61. The molecule has 2 amide bonds. The lowest BCUT2D eigenvalue weighted by Gasteiger charge is -2.46. The average Bonchev–Trinajstić information content (AvgIpc) is 3.25. The maximum absolute atomic E-state index is 14.4. The molecule has 0 unspecified atom stereocenters. The van der Waals surface area contributed by atoms with Crippen LogP contribution in [0.15, 0.2) is 52.9 Å². The van der Waals surface area contributed by atoms with Crippen LogP contribution in [0.25, 0.3) is 0 Å². The maximum Gasteiger partial charge on any atom is 0.286 e. The zero-order valence-corrected chi connectivity index (χ0v) is 31.2. The summed E-state index contributed by atoms with van der Waals surface area (Å²) in [5, 5.41) is 0.741. The number of benzene rings is 2. The van der Waals surface area contributed by atoms with Gasteiger partial charge in [-0.3, -0.25) is 14.3 Å². The van der Waals surface area contributed by atoms with Crippen molar-refractivity contribution in [2.45, 2.75) is 75.9 Å². The van der Waals surface area contributed by atoms with E-state index in [2.05, 4.69) is 38.3 Å². The summed E-state index contributed by atoms with van der Waals surface area (Å²) in [7, 11) is -1.73. The van der Waals surface area contributed by atoms with Crippen molar-refractivity contribution in [3.05, 3.63) is 70.3 Å². The van der Waals surface area contributed by atoms with Gasteiger partial charge in [0.2, 0.25) is 0 Å². The topological polar surface area (TPSA) is 116 Å². The Morgan fingerprint density at radius 3 is 2.78 bits per heavy atom. The zero-order valence-electron chi connectivity index (χ0n) is 29.7. The molecule has 3 aliphatic heterocycles. The fourth-order valence-corrected chi connectivity index (χ4v) is 10.7. The van der Waals surface area contributed by atoms with Crippen LogP contribution in [0, 0.1) is 17.8 Å². The van der Waals surface area contributed by atoms with Gasteiger partial charge in [0.05, 0.1) is 30.3 Å². The summed E-state index contributed by atoms with van der Waals surface area (Å²) in [6, 6.07) is 11.6. The molecule has 2 aliphatic carbocycles. The van der Waals surface area contributed by atoms with Crippen LogP contribution in [-0.4, -0.2) is 80.6 Å². The van der Waals surface area contributed by atoms with Gasteiger partial charge in [-0.25, -0.2) is 4.21 Å². The van der Waals surface area contributed by atoms with E-state index in [0.29, 0.717) is 62.2 Å². The SMILES string of the molecule is CO[C@H]1/C=C/C[C@H](C)C[S@@](=O)(NC(=O)COC2CCOCC2)=NC(=O)c2ccc3c(c2)N(C[C@@H]2CC[C@H]21)C[C@@]1(CCCc2cc(Cl)ccc21)CO3. The van der Waals surface area contributed by atoms with Crippen molar-refractivity contribution in [2.75, 3.05) is 57.3 Å². The lowest BCUT2D eigenvalue weighted by atomic mass is 9.68. The number of aryl methyl sites for hydroxylation is 1. The summed E-state index contributed by atoms with van der Waals surface area (Å²) in [4.78, 5) is 29.5. The molecule has 276 valence electrons. The molecule has 3 heterocycles. The zero-order chi connectivity index (χ0) is 35.6. The summed E-state index contributed by atoms with van der Waals surface area (Å²) in [5.41, 5.74) is 3.41. The number of hydrogen-bond donors (Lipinski definition) is 1. The van der Waals surface area contributed by atoms with Crippen LogP contribution >= 0.6 is 11.6 Å². The number of allylic oxidation sites excluding steroid dienone is 1. The smallest absolute Gasteiger partial charge is 0.286 e. The predicted octanol–water partition coefficient (Wildman–Crippen LogP) is 6.29. The third kappa shape index (κ3) is 8.18. The van der Waals surface area contributed by atoms with Crippen molar-refractivity contribution in [2.24, 2.45) is 22.1 Å². The molecule has 51 heavy (non-hydrogen) atoms. The number of hydrogen-bond acceptors (Lipinski definition) is 8. The molecule has 2 bridgehead atoms. The standard InChI is InChI=1S/C39H50ClN3O7S/c1-26-5-3-7-35(47-2)32-11-8-29(32)21-43-24-39(16-4-6-27-19-30(40)10-12-33(27)39)25-50-36-13-9-28(20-34(36)43)38(45)42-51(46,23-26)41-37(44)22-49-31-14-17-48-18-15-31/h3,7,9-10,12-13,19-20,26,29,31-32,35H,4-6,8,11,14-18,21-25H2,1-2H3,(H,41,42,44,45,46)/b7-3+/t26-,29-,32+,35-,39-,51+/m0/s1. The number of nitrogens with zero attached hydrogens (tertiary/aromatic N) is 2. The molecule has 1 saturated carbocycles. The summed E-state index contributed by atoms with van der Waals surface area (Å²) in [6.45, 7) is 4.86. The molecule has 0 radical (unpaired) electrons. The molecule has 6 atom stereocenters. The first-order valence-electron chi connectivity index (χ1n) is 18.4. The molecular weight excluding hydrogens is 690 g/mol. The highest BCUT2D eigenvalue weighted by Gasteiger charge is 2.44. The number of ether oxygens (including phenoxy) is 4. The number of nitrogens with one attached hydrogen (secondary N) is 1. The van der Waals surface area contributed by atoms with Gasteiger partial charge in [-0.15, -0.1) is 4.36 Å². The van der Waals surface area contributed by atoms with Gasteiger partial charge in [-0.2, -0.15) is 0 Å². The Kier molecular flexibility index (Phi) is 11.1. The number of carbonyl (C=O) groups excluding carboxylic acids is 2. The van der Waals surface area contributed by atoms with Crippen LogP contribution in [0.2, 0.25) is 5.02 Å². The predicted molar refractivity (Wildman–Crippen MR) is 198 cm³/mol. The van der Waals surface area contributed by atoms with Gasteiger partial charge in [-0.1, -0.05) is 36.7 Å². The molecule has 7 rings (SSSR count). The number of fused-ring (bicyclic) bond motifs is 4. The molecule has 1 saturated heterocycles. The van der Waals surface area contributed by atoms with Crippen molar-refractivity contribution in [3.8, 4) is 5.75 Å². The largest absolute Gasteiger partial charge is 0.490 e. The van der Waals surface area contributed by atoms with Crippen LogP contribution in [0.1, 0.15) is 73.4 Å². The molecule has 0 aromatic heterocycles. The van der Waals surface area contributed by atoms with Crippen LogP contribution in [-0.2, 0) is 40.8 Å². The second kappa shape index (κ2) is 15.6. The highest BCUT2D eigenvalue weighted by Crippen LogP contribution is 2.47. The van der Waals surface area contributed by atoms with E-state index in [4.69, 9.17) is 30.5 Å². The minimum absolute atomic E-state index is 0.0158. The molecule has 12 heteroatoms. The van der Waals surface area contributed by atoms with Gasteiger partial charge in [0.15, 0.2) is 0 Å². The summed E-state index contributed by atoms with van der Waals surface area (Å²) in [5.74, 6) is 0.124. The van der Waals surface area contributed by atoms with Gasteiger partial charge in [0.25, 0.3) is 11.8 Å². The summed E-state index contributed by atoms with van der Waals surface area (Å²) < 4.78 is 45.2. The minimum atomic E-state index is -3.49. The van der Waals surface area contributed by atoms with E-state index < -0.39 is 21.7 Å². The van der Waals surface area contributed by atoms with Crippen molar-refractivity contribution in [1.29, 1.82) is 0 Å². The molecule has 2 fully saturated rings. The number of halogens is 1. The molecule has 2 aromatic carbocycles. The Labute approximate surface area is 306 Å². The molecule has 1 spiro atoms. The van der Waals surface area contributed by atoms with Crippen molar-refractivity contribution >= 4 is 39.0 Å². The lowest BCUT2D eigenvalue weighted by molar-refractivity contribution is -0.128. The second-order valence-corrected chi connectivity index (χ2v) is 17.5. The Morgan fingerprint density at radius 1 is 1.16 bits per heavy atom. The van der Waals surface area contributed by atoms with Gasteiger partial charge >= 0.3 is 0 Å². The van der Waals surface area contributed by atoms with E-state index in [1.807, 2.05) is 25.1 Å². The molecule has 2 aromatic rings. The Hall–Kier alpha value is -2.96. The third-order valence-electron chi connectivity index (χ3n) is 11.4. The monoisotopic (exact) mass is 739 g/mol. The maximum atomic E-state index is 14.4. The van der Waals surface area contributed by atoms with Gasteiger partial charge in [0, 0.05) is 49.4 Å². The number of rotatable bonds is 5. The normalized spacial score (nSPS) is 32.0. The Balaban J connectivity index is 1.24. The van der Waals surface area contributed by atoms with Crippen molar-refractivity contribution in [1.82, 2.24) is 4.72 Å². The van der Waals surface area contributed by atoms with E-state index in [1.165, 1.54) is 11.1 Å². The lowest BCUT2D eigenvalue weighted by Crippen LogP contribution is -2.49. The molecular formula is C39H50ClN3O7S. The molecule has 1 N–H and O–H groups in total. The van der Waals surface area contributed by atoms with Crippen molar-refractivity contribution < 1.29 is 32.7 Å². The van der Waals surface area contributed by atoms with E-state index in [1.54, 1.807) is 13.2 Å². The van der Waals surface area contributed by atoms with Gasteiger partial charge in [0.1, 0.15) is 22.3 Å². The minimum Gasteiger partial charge on any atom is -0.490 e. The van der Waals surface area contributed by atoms with E-state index in [-0.39, 0.29) is 35.9 Å². The summed E-state index contributed by atoms with van der Waals surface area (Å²) in [6.07, 6.45) is 11.2. The van der Waals surface area contributed by atoms with Gasteiger partial charge < -0.3 is 23.8 Å². The van der Waals surface area contributed by atoms with Crippen LogP contribution in [0.5, 0.6) is 5.75 Å². The first-order chi connectivity index (χ1) is 24.6. The average molecular weight is 740 g/mol. The van der Waals surface area contributed by atoms with E-state index in [9.17, 15) is 13.8 Å². The van der Waals surface area contributed by atoms with Crippen LogP contribution in [0.3, 0.4) is 0 Å². The van der Waals surface area contributed by atoms with E-state index >= 15 is 0 Å². The van der Waals surface area contributed by atoms with Crippen molar-refractivity contribution in [3.63, 3.8) is 0 Å². The first-order valence-corrected chi connectivity index (χ1v) is 20.5. The number of amides is 2. The summed E-state index contributed by atoms with van der Waals surface area (Å²) >= 11 is 6.46. The quantitative estimate of drug-likeness (QED) is 0.356. The Morgan fingerprint density at radius 2 is 2.00 bits per heavy atom.